The highest BCUT2D eigenvalue weighted by atomic mass is 32.1. The quantitative estimate of drug-likeness (QED) is 0.908. The maximum Gasteiger partial charge on any atom is 0.147 e. The first-order valence-electron chi connectivity index (χ1n) is 7.18. The summed E-state index contributed by atoms with van der Waals surface area (Å²) in [4.78, 5) is 6.22. The molecule has 0 amide bonds. The molecule has 112 valence electrons. The molecule has 3 rings (SSSR count). The molecule has 2 heterocycles. The van der Waals surface area contributed by atoms with Crippen LogP contribution in [0.1, 0.15) is 25.7 Å². The van der Waals surface area contributed by atoms with Crippen LogP contribution in [-0.2, 0) is 0 Å². The molecule has 0 spiro atoms. The zero-order chi connectivity index (χ0) is 14.9. The Kier molecular flexibility index (Phi) is 3.82. The van der Waals surface area contributed by atoms with Gasteiger partial charge in [-0.15, -0.1) is 0 Å². The maximum absolute atomic E-state index is 10.6. The number of nitrogens with two attached hydrogens (primary N) is 1. The monoisotopic (exact) mass is 304 g/mol. The number of hydrogen-bond donors (Lipinski definition) is 2. The van der Waals surface area contributed by atoms with Gasteiger partial charge in [0.15, 0.2) is 0 Å². The van der Waals surface area contributed by atoms with Crippen LogP contribution in [0, 0.1) is 0 Å². The van der Waals surface area contributed by atoms with Crippen LogP contribution in [0.25, 0.3) is 11.1 Å². The van der Waals surface area contributed by atoms with Crippen LogP contribution in [0.3, 0.4) is 0 Å². The molecular weight excluding hydrogens is 284 g/mol. The molecule has 1 aliphatic rings. The molecule has 6 heteroatoms. The average Bonchev–Trinajstić information content (AvgIpc) is 3.06. The second-order valence-electron chi connectivity index (χ2n) is 5.78. The lowest BCUT2D eigenvalue weighted by molar-refractivity contribution is 0.0561. The van der Waals surface area contributed by atoms with Crippen LogP contribution < -0.4 is 10.6 Å². The second-order valence-corrected chi connectivity index (χ2v) is 6.53. The molecule has 3 N–H and O–H groups in total. The first-order valence-corrected chi connectivity index (χ1v) is 7.95. The van der Waals surface area contributed by atoms with Crippen molar-refractivity contribution in [2.45, 2.75) is 31.3 Å². The summed E-state index contributed by atoms with van der Waals surface area (Å²) in [5.74, 6) is 0.522. The molecule has 2 aromatic rings. The smallest absolute Gasteiger partial charge is 0.147 e. The molecule has 0 radical (unpaired) electrons. The van der Waals surface area contributed by atoms with Gasteiger partial charge in [0.1, 0.15) is 10.8 Å². The Hall–Kier alpha value is -1.66. The fourth-order valence-corrected chi connectivity index (χ4v) is 3.83. The summed E-state index contributed by atoms with van der Waals surface area (Å²) in [6, 6.07) is 3.87. The second kappa shape index (κ2) is 5.61. The zero-order valence-corrected chi connectivity index (χ0v) is 12.9. The lowest BCUT2D eigenvalue weighted by Gasteiger charge is -2.29. The molecule has 0 aromatic carbocycles. The topological polar surface area (TPSA) is 75.3 Å². The van der Waals surface area contributed by atoms with Crippen molar-refractivity contribution >= 4 is 22.4 Å². The van der Waals surface area contributed by atoms with E-state index in [0.29, 0.717) is 12.4 Å². The predicted octanol–water partition coefficient (Wildman–Crippen LogP) is 2.53. The molecule has 1 fully saturated rings. The molecule has 0 unspecified atom stereocenters. The SMILES string of the molecule is CN(CC1(O)CCCC1)c1snc(N)c1-c1cccnc1. The molecule has 1 saturated carbocycles. The minimum atomic E-state index is -0.584. The van der Waals surface area contributed by atoms with Crippen LogP contribution in [0.15, 0.2) is 24.5 Å². The van der Waals surface area contributed by atoms with Crippen molar-refractivity contribution in [2.24, 2.45) is 0 Å². The van der Waals surface area contributed by atoms with E-state index in [-0.39, 0.29) is 0 Å². The molecule has 0 atom stereocenters. The number of likely N-dealkylation sites (N-methyl/N-ethyl adjacent to an activating group) is 1. The Bertz CT molecular complexity index is 607. The van der Waals surface area contributed by atoms with Gasteiger partial charge in [0.25, 0.3) is 0 Å². The Morgan fingerprint density at radius 2 is 2.19 bits per heavy atom. The number of hydrogen-bond acceptors (Lipinski definition) is 6. The lowest BCUT2D eigenvalue weighted by Crippen LogP contribution is -2.39. The van der Waals surface area contributed by atoms with Gasteiger partial charge in [-0.05, 0) is 30.4 Å². The van der Waals surface area contributed by atoms with E-state index in [4.69, 9.17) is 5.73 Å². The molecule has 5 nitrogen and oxygen atoms in total. The van der Waals surface area contributed by atoms with Gasteiger partial charge in [-0.2, -0.15) is 4.37 Å². The van der Waals surface area contributed by atoms with Crippen molar-refractivity contribution in [3.8, 4) is 11.1 Å². The van der Waals surface area contributed by atoms with Gasteiger partial charge in [0.05, 0.1) is 11.2 Å². The predicted molar refractivity (Wildman–Crippen MR) is 86.4 cm³/mol. The van der Waals surface area contributed by atoms with Crippen molar-refractivity contribution in [1.82, 2.24) is 9.36 Å². The highest BCUT2D eigenvalue weighted by molar-refractivity contribution is 7.11. The maximum atomic E-state index is 10.6. The van der Waals surface area contributed by atoms with Gasteiger partial charge < -0.3 is 15.7 Å². The van der Waals surface area contributed by atoms with E-state index in [2.05, 4.69) is 14.3 Å². The van der Waals surface area contributed by atoms with Crippen LogP contribution in [-0.4, -0.2) is 33.7 Å². The molecule has 1 aliphatic carbocycles. The van der Waals surface area contributed by atoms with Gasteiger partial charge in [-0.1, -0.05) is 18.9 Å². The molecular formula is C15H20N4OS. The summed E-state index contributed by atoms with van der Waals surface area (Å²) >= 11 is 1.37. The van der Waals surface area contributed by atoms with Gasteiger partial charge in [0.2, 0.25) is 0 Å². The number of pyridine rings is 1. The first-order chi connectivity index (χ1) is 10.1. The third-order valence-electron chi connectivity index (χ3n) is 4.06. The first kappa shape index (κ1) is 14.3. The fourth-order valence-electron chi connectivity index (χ4n) is 3.04. The summed E-state index contributed by atoms with van der Waals surface area (Å²) in [6.45, 7) is 0.613. The van der Waals surface area contributed by atoms with Crippen molar-refractivity contribution in [3.63, 3.8) is 0 Å². The highest BCUT2D eigenvalue weighted by Crippen LogP contribution is 2.40. The highest BCUT2D eigenvalue weighted by Gasteiger charge is 2.33. The number of aromatic nitrogens is 2. The molecule has 0 aliphatic heterocycles. The minimum absolute atomic E-state index is 0.522. The van der Waals surface area contributed by atoms with E-state index in [1.165, 1.54) is 11.5 Å². The summed E-state index contributed by atoms with van der Waals surface area (Å²) in [7, 11) is 1.99. The van der Waals surface area contributed by atoms with Crippen LogP contribution in [0.2, 0.25) is 0 Å². The minimum Gasteiger partial charge on any atom is -0.388 e. The third-order valence-corrected chi connectivity index (χ3v) is 5.04. The van der Waals surface area contributed by atoms with Crippen LogP contribution >= 0.6 is 11.5 Å². The normalized spacial score (nSPS) is 17.0. The largest absolute Gasteiger partial charge is 0.388 e. The van der Waals surface area contributed by atoms with E-state index < -0.39 is 5.60 Å². The Morgan fingerprint density at radius 1 is 1.43 bits per heavy atom. The Labute approximate surface area is 128 Å². The van der Waals surface area contributed by atoms with Crippen molar-refractivity contribution in [1.29, 1.82) is 0 Å². The van der Waals surface area contributed by atoms with Gasteiger partial charge in [-0.3, -0.25) is 4.98 Å². The lowest BCUT2D eigenvalue weighted by atomic mass is 10.0. The number of aliphatic hydroxyl groups is 1. The number of anilines is 2. The van der Waals surface area contributed by atoms with E-state index in [9.17, 15) is 5.11 Å². The van der Waals surface area contributed by atoms with Gasteiger partial charge in [-0.25, -0.2) is 0 Å². The van der Waals surface area contributed by atoms with Gasteiger partial charge in [0, 0.05) is 31.5 Å². The standard InChI is InChI=1S/C15H20N4OS/c1-19(10-15(20)6-2-3-7-15)14-12(13(16)18-21-14)11-5-4-8-17-9-11/h4-5,8-9,20H,2-3,6-7,10H2,1H3,(H2,16,18). The van der Waals surface area contributed by atoms with Crippen LogP contribution in [0.5, 0.6) is 0 Å². The van der Waals surface area contributed by atoms with E-state index in [1.54, 1.807) is 12.4 Å². The zero-order valence-electron chi connectivity index (χ0n) is 12.1. The molecule has 21 heavy (non-hydrogen) atoms. The van der Waals surface area contributed by atoms with Crippen molar-refractivity contribution in [3.05, 3.63) is 24.5 Å². The van der Waals surface area contributed by atoms with E-state index >= 15 is 0 Å². The van der Waals surface area contributed by atoms with Crippen molar-refractivity contribution < 1.29 is 5.11 Å². The molecule has 0 bridgehead atoms. The summed E-state index contributed by atoms with van der Waals surface area (Å²) < 4.78 is 4.28. The van der Waals surface area contributed by atoms with E-state index in [0.717, 1.165) is 41.8 Å². The number of nitrogens with zero attached hydrogens (tertiary/aromatic N) is 3. The Morgan fingerprint density at radius 3 is 2.86 bits per heavy atom. The van der Waals surface area contributed by atoms with E-state index in [1.807, 2.05) is 19.2 Å². The fraction of sp³-hybridized carbons (Fsp3) is 0.467. The summed E-state index contributed by atoms with van der Waals surface area (Å²) in [5.41, 5.74) is 7.33. The Balaban J connectivity index is 1.89. The summed E-state index contributed by atoms with van der Waals surface area (Å²) in [6.07, 6.45) is 7.48. The molecule has 2 aromatic heterocycles. The average molecular weight is 304 g/mol. The number of rotatable bonds is 4. The van der Waals surface area contributed by atoms with Gasteiger partial charge >= 0.3 is 0 Å². The van der Waals surface area contributed by atoms with Crippen molar-refractivity contribution in [2.75, 3.05) is 24.2 Å². The van der Waals surface area contributed by atoms with Crippen LogP contribution in [0.4, 0.5) is 10.8 Å². The molecule has 0 saturated heterocycles. The third kappa shape index (κ3) is 2.87. The summed E-state index contributed by atoms with van der Waals surface area (Å²) in [5, 5.41) is 11.6. The number of nitrogen functional groups attached to an aromatic ring is 1.